The molecule has 2 aromatic rings. The van der Waals surface area contributed by atoms with E-state index >= 15 is 0 Å². The zero-order valence-corrected chi connectivity index (χ0v) is 9.99. The van der Waals surface area contributed by atoms with Crippen LogP contribution in [0.3, 0.4) is 0 Å². The third-order valence-corrected chi connectivity index (χ3v) is 3.39. The van der Waals surface area contributed by atoms with Gasteiger partial charge in [0, 0.05) is 0 Å². The molecule has 16 heavy (non-hydrogen) atoms. The van der Waals surface area contributed by atoms with Gasteiger partial charge in [-0.3, -0.25) is 0 Å². The highest BCUT2D eigenvalue weighted by Crippen LogP contribution is 2.12. The number of benzene rings is 1. The molecule has 2 rings (SSSR count). The molecule has 84 valence electrons. The Hall–Kier alpha value is -1.12. The summed E-state index contributed by atoms with van der Waals surface area (Å²) in [4.78, 5) is 0. The molecule has 0 spiro atoms. The van der Waals surface area contributed by atoms with Crippen LogP contribution in [0.1, 0.15) is 17.5 Å². The summed E-state index contributed by atoms with van der Waals surface area (Å²) in [5, 5.41) is 14.1. The standard InChI is InChI=1S/C14H16OS/c15-14(7-6-13-8-9-16-11-13)10-12-4-2-1-3-5-12/h1-5,8-9,11,14-15H,6-7,10H2. The second kappa shape index (κ2) is 5.83. The Balaban J connectivity index is 1.78. The maximum Gasteiger partial charge on any atom is 0.0583 e. The normalized spacial score (nSPS) is 12.6. The second-order valence-electron chi connectivity index (χ2n) is 4.01. The monoisotopic (exact) mass is 232 g/mol. The van der Waals surface area contributed by atoms with Crippen molar-refractivity contribution in [1.82, 2.24) is 0 Å². The predicted molar refractivity (Wildman–Crippen MR) is 68.8 cm³/mol. The van der Waals surface area contributed by atoms with Crippen molar-refractivity contribution in [2.45, 2.75) is 25.4 Å². The summed E-state index contributed by atoms with van der Waals surface area (Å²) in [6.45, 7) is 0. The average molecular weight is 232 g/mol. The molecule has 0 aliphatic rings. The van der Waals surface area contributed by atoms with Gasteiger partial charge in [0.25, 0.3) is 0 Å². The molecule has 0 saturated heterocycles. The lowest BCUT2D eigenvalue weighted by Crippen LogP contribution is -2.11. The van der Waals surface area contributed by atoms with Gasteiger partial charge in [-0.25, -0.2) is 0 Å². The Morgan fingerprint density at radius 1 is 1.06 bits per heavy atom. The maximum atomic E-state index is 9.90. The van der Waals surface area contributed by atoms with Gasteiger partial charge in [0.1, 0.15) is 0 Å². The SMILES string of the molecule is OC(CCc1ccsc1)Cc1ccccc1. The van der Waals surface area contributed by atoms with E-state index in [1.165, 1.54) is 11.1 Å². The molecule has 1 nitrogen and oxygen atoms in total. The van der Waals surface area contributed by atoms with Crippen LogP contribution in [0.15, 0.2) is 47.2 Å². The number of thiophene rings is 1. The predicted octanol–water partition coefficient (Wildman–Crippen LogP) is 3.28. The summed E-state index contributed by atoms with van der Waals surface area (Å²) in [5.74, 6) is 0. The lowest BCUT2D eigenvalue weighted by atomic mass is 10.0. The van der Waals surface area contributed by atoms with Gasteiger partial charge in [-0.15, -0.1) is 0 Å². The van der Waals surface area contributed by atoms with Gasteiger partial charge in [0.2, 0.25) is 0 Å². The number of hydrogen-bond donors (Lipinski definition) is 1. The first kappa shape index (κ1) is 11.4. The van der Waals surface area contributed by atoms with Crippen LogP contribution >= 0.6 is 11.3 Å². The first-order valence-corrected chi connectivity index (χ1v) is 6.52. The molecule has 0 bridgehead atoms. The summed E-state index contributed by atoms with van der Waals surface area (Å²) in [5.41, 5.74) is 2.54. The fraction of sp³-hybridized carbons (Fsp3) is 0.286. The highest BCUT2D eigenvalue weighted by atomic mass is 32.1. The van der Waals surface area contributed by atoms with Crippen LogP contribution in [0.25, 0.3) is 0 Å². The molecule has 0 aliphatic carbocycles. The molecule has 2 heteroatoms. The number of aryl methyl sites for hydroxylation is 1. The molecule has 1 N–H and O–H groups in total. The molecule has 1 unspecified atom stereocenters. The van der Waals surface area contributed by atoms with Gasteiger partial charge in [-0.1, -0.05) is 30.3 Å². The van der Waals surface area contributed by atoms with Crippen molar-refractivity contribution in [2.24, 2.45) is 0 Å². The summed E-state index contributed by atoms with van der Waals surface area (Å²) in [6, 6.07) is 12.3. The summed E-state index contributed by atoms with van der Waals surface area (Å²) in [7, 11) is 0. The van der Waals surface area contributed by atoms with Gasteiger partial charge in [-0.05, 0) is 47.2 Å². The van der Waals surface area contributed by atoms with E-state index in [4.69, 9.17) is 0 Å². The highest BCUT2D eigenvalue weighted by molar-refractivity contribution is 7.07. The molecule has 0 saturated carbocycles. The Morgan fingerprint density at radius 2 is 1.88 bits per heavy atom. The van der Waals surface area contributed by atoms with Crippen LogP contribution in [0.2, 0.25) is 0 Å². The van der Waals surface area contributed by atoms with Crippen molar-refractivity contribution < 1.29 is 5.11 Å². The largest absolute Gasteiger partial charge is 0.393 e. The molecule has 1 heterocycles. The highest BCUT2D eigenvalue weighted by Gasteiger charge is 2.05. The van der Waals surface area contributed by atoms with Gasteiger partial charge < -0.3 is 5.11 Å². The number of hydrogen-bond acceptors (Lipinski definition) is 2. The molecule has 0 aliphatic heterocycles. The van der Waals surface area contributed by atoms with E-state index in [0.29, 0.717) is 0 Å². The minimum absolute atomic E-state index is 0.234. The van der Waals surface area contributed by atoms with Gasteiger partial charge >= 0.3 is 0 Å². The Bertz CT molecular complexity index is 394. The van der Waals surface area contributed by atoms with Crippen LogP contribution < -0.4 is 0 Å². The molecule has 0 fully saturated rings. The zero-order chi connectivity index (χ0) is 11.2. The Labute approximate surface area is 100 Å². The van der Waals surface area contributed by atoms with E-state index in [0.717, 1.165) is 19.3 Å². The van der Waals surface area contributed by atoms with Crippen molar-refractivity contribution in [3.8, 4) is 0 Å². The fourth-order valence-corrected chi connectivity index (χ4v) is 2.46. The third-order valence-electron chi connectivity index (χ3n) is 2.66. The molecule has 0 radical (unpaired) electrons. The maximum absolute atomic E-state index is 9.90. The minimum atomic E-state index is -0.234. The smallest absolute Gasteiger partial charge is 0.0583 e. The number of aliphatic hydroxyl groups is 1. The third kappa shape index (κ3) is 3.47. The molecule has 1 aromatic carbocycles. The first-order valence-electron chi connectivity index (χ1n) is 5.57. The molecule has 0 amide bonds. The van der Waals surface area contributed by atoms with Gasteiger partial charge in [-0.2, -0.15) is 11.3 Å². The number of rotatable bonds is 5. The second-order valence-corrected chi connectivity index (χ2v) is 4.79. The quantitative estimate of drug-likeness (QED) is 0.838. The van der Waals surface area contributed by atoms with Crippen LogP contribution in [-0.4, -0.2) is 11.2 Å². The van der Waals surface area contributed by atoms with E-state index in [1.54, 1.807) is 11.3 Å². The Kier molecular flexibility index (Phi) is 4.14. The minimum Gasteiger partial charge on any atom is -0.393 e. The van der Waals surface area contributed by atoms with E-state index in [9.17, 15) is 5.11 Å². The van der Waals surface area contributed by atoms with E-state index in [2.05, 4.69) is 29.0 Å². The van der Waals surface area contributed by atoms with Crippen LogP contribution in [0, 0.1) is 0 Å². The van der Waals surface area contributed by atoms with Crippen molar-refractivity contribution in [3.63, 3.8) is 0 Å². The average Bonchev–Trinajstić information content (AvgIpc) is 2.81. The fourth-order valence-electron chi connectivity index (χ4n) is 1.76. The van der Waals surface area contributed by atoms with E-state index < -0.39 is 0 Å². The van der Waals surface area contributed by atoms with Gasteiger partial charge in [0.05, 0.1) is 6.10 Å². The number of aliphatic hydroxyl groups excluding tert-OH is 1. The van der Waals surface area contributed by atoms with E-state index in [-0.39, 0.29) is 6.10 Å². The molecule has 1 atom stereocenters. The van der Waals surface area contributed by atoms with Crippen LogP contribution in [0.4, 0.5) is 0 Å². The van der Waals surface area contributed by atoms with E-state index in [1.807, 2.05) is 18.2 Å². The van der Waals surface area contributed by atoms with Crippen LogP contribution in [-0.2, 0) is 12.8 Å². The van der Waals surface area contributed by atoms with Crippen molar-refractivity contribution in [1.29, 1.82) is 0 Å². The first-order chi connectivity index (χ1) is 7.84. The van der Waals surface area contributed by atoms with Crippen LogP contribution in [0.5, 0.6) is 0 Å². The summed E-state index contributed by atoms with van der Waals surface area (Å²) < 4.78 is 0. The van der Waals surface area contributed by atoms with Crippen molar-refractivity contribution >= 4 is 11.3 Å². The summed E-state index contributed by atoms with van der Waals surface area (Å²) >= 11 is 1.71. The lowest BCUT2D eigenvalue weighted by molar-refractivity contribution is 0.165. The lowest BCUT2D eigenvalue weighted by Gasteiger charge is -2.09. The topological polar surface area (TPSA) is 20.2 Å². The summed E-state index contributed by atoms with van der Waals surface area (Å²) in [6.07, 6.45) is 2.33. The molecular weight excluding hydrogens is 216 g/mol. The molecule has 1 aromatic heterocycles. The molecular formula is C14H16OS. The van der Waals surface area contributed by atoms with Gasteiger partial charge in [0.15, 0.2) is 0 Å². The zero-order valence-electron chi connectivity index (χ0n) is 9.17. The van der Waals surface area contributed by atoms with Crippen molar-refractivity contribution in [2.75, 3.05) is 0 Å². The Morgan fingerprint density at radius 3 is 2.56 bits per heavy atom. The van der Waals surface area contributed by atoms with Crippen molar-refractivity contribution in [3.05, 3.63) is 58.3 Å².